The fourth-order valence-electron chi connectivity index (χ4n) is 5.10. The highest BCUT2D eigenvalue weighted by Crippen LogP contribution is 2.29. The molecule has 3 heterocycles. The van der Waals surface area contributed by atoms with Gasteiger partial charge >= 0.3 is 0 Å². The zero-order valence-corrected chi connectivity index (χ0v) is 22.4. The summed E-state index contributed by atoms with van der Waals surface area (Å²) in [6.07, 6.45) is 1.64. The molecule has 3 amide bonds. The third-order valence-electron chi connectivity index (χ3n) is 6.91. The van der Waals surface area contributed by atoms with Crippen molar-refractivity contribution in [3.63, 3.8) is 0 Å². The minimum atomic E-state index is -0.552. The number of carbonyl (C=O) groups excluding carboxylic acids is 3. The molecule has 0 radical (unpaired) electrons. The Bertz CT molecular complexity index is 1030. The number of nitrogens with one attached hydrogen (secondary N) is 1. The van der Waals surface area contributed by atoms with Crippen LogP contribution in [0.3, 0.4) is 0 Å². The summed E-state index contributed by atoms with van der Waals surface area (Å²) in [5.74, 6) is -0.0373. The second-order valence-corrected chi connectivity index (χ2v) is 11.9. The quantitative estimate of drug-likeness (QED) is 0.621. The monoisotopic (exact) mass is 510 g/mol. The van der Waals surface area contributed by atoms with E-state index >= 15 is 0 Å². The lowest BCUT2D eigenvalue weighted by Crippen LogP contribution is -2.53. The van der Waals surface area contributed by atoms with E-state index in [2.05, 4.69) is 38.2 Å². The Balaban J connectivity index is 1.58. The largest absolute Gasteiger partial charge is 0.338 e. The van der Waals surface area contributed by atoms with Gasteiger partial charge in [-0.3, -0.25) is 14.4 Å². The standard InChI is InChI=1S/C28H38N4O3S/c1-28(2,3)19-25(33)31(14-11-21-8-5-4-6-9-21)22-18-23(26(34)30-15-12-29-13-16-30)32(20-22)27(35)24-10-7-17-36-24/h4-10,17,22-23,29H,11-16,18-20H2,1-3H3. The Morgan fingerprint density at radius 1 is 1.06 bits per heavy atom. The van der Waals surface area contributed by atoms with Gasteiger partial charge in [0.05, 0.1) is 10.9 Å². The van der Waals surface area contributed by atoms with E-state index in [4.69, 9.17) is 0 Å². The SMILES string of the molecule is CC(C)(C)CC(=O)N(CCc1ccccc1)C1CC(C(=O)N2CCNCC2)N(C(=O)c2cccs2)C1. The smallest absolute Gasteiger partial charge is 0.264 e. The van der Waals surface area contributed by atoms with Crippen LogP contribution in [0.25, 0.3) is 0 Å². The van der Waals surface area contributed by atoms with E-state index in [-0.39, 0.29) is 29.2 Å². The summed E-state index contributed by atoms with van der Waals surface area (Å²) < 4.78 is 0. The molecular weight excluding hydrogens is 472 g/mol. The first-order chi connectivity index (χ1) is 17.2. The lowest BCUT2D eigenvalue weighted by atomic mass is 9.91. The Hall–Kier alpha value is -2.71. The molecule has 0 bridgehead atoms. The summed E-state index contributed by atoms with van der Waals surface area (Å²) in [7, 11) is 0. The van der Waals surface area contributed by atoms with Crippen molar-refractivity contribution in [2.45, 2.75) is 52.1 Å². The van der Waals surface area contributed by atoms with Crippen LogP contribution in [0, 0.1) is 5.41 Å². The molecule has 0 aliphatic carbocycles. The maximum absolute atomic E-state index is 13.6. The van der Waals surface area contributed by atoms with Crippen molar-refractivity contribution in [3.05, 3.63) is 58.3 Å². The molecule has 0 spiro atoms. The van der Waals surface area contributed by atoms with Crippen molar-refractivity contribution in [1.29, 1.82) is 0 Å². The average Bonchev–Trinajstić information content (AvgIpc) is 3.54. The number of piperazine rings is 1. The van der Waals surface area contributed by atoms with Gasteiger partial charge in [-0.1, -0.05) is 57.2 Å². The third kappa shape index (κ3) is 6.53. The van der Waals surface area contributed by atoms with E-state index in [1.54, 1.807) is 4.90 Å². The van der Waals surface area contributed by atoms with Gasteiger partial charge in [-0.15, -0.1) is 11.3 Å². The predicted molar refractivity (Wildman–Crippen MR) is 143 cm³/mol. The molecule has 36 heavy (non-hydrogen) atoms. The van der Waals surface area contributed by atoms with E-state index in [1.165, 1.54) is 16.9 Å². The molecule has 1 aromatic heterocycles. The Morgan fingerprint density at radius 2 is 1.78 bits per heavy atom. The molecule has 7 nitrogen and oxygen atoms in total. The molecule has 2 fully saturated rings. The predicted octanol–water partition coefficient (Wildman–Crippen LogP) is 3.27. The van der Waals surface area contributed by atoms with Crippen LogP contribution in [0.15, 0.2) is 47.8 Å². The van der Waals surface area contributed by atoms with Gasteiger partial charge in [0.15, 0.2) is 0 Å². The van der Waals surface area contributed by atoms with Crippen LogP contribution in [0.4, 0.5) is 0 Å². The first-order valence-electron chi connectivity index (χ1n) is 12.9. The fraction of sp³-hybridized carbons (Fsp3) is 0.536. The van der Waals surface area contributed by atoms with Crippen LogP contribution in [-0.2, 0) is 16.0 Å². The summed E-state index contributed by atoms with van der Waals surface area (Å²) in [5.41, 5.74) is 1.02. The number of thiophene rings is 1. The number of nitrogens with zero attached hydrogens (tertiary/aromatic N) is 3. The van der Waals surface area contributed by atoms with E-state index in [9.17, 15) is 14.4 Å². The Morgan fingerprint density at radius 3 is 2.42 bits per heavy atom. The second-order valence-electron chi connectivity index (χ2n) is 11.0. The molecule has 0 saturated carbocycles. The van der Waals surface area contributed by atoms with Crippen molar-refractivity contribution < 1.29 is 14.4 Å². The highest BCUT2D eigenvalue weighted by molar-refractivity contribution is 7.12. The average molecular weight is 511 g/mol. The Labute approximate surface area is 218 Å². The number of amides is 3. The zero-order chi connectivity index (χ0) is 25.7. The number of rotatable bonds is 7. The Kier molecular flexibility index (Phi) is 8.46. The van der Waals surface area contributed by atoms with E-state index < -0.39 is 6.04 Å². The number of hydrogen-bond acceptors (Lipinski definition) is 5. The van der Waals surface area contributed by atoms with Crippen LogP contribution >= 0.6 is 11.3 Å². The zero-order valence-electron chi connectivity index (χ0n) is 21.6. The molecule has 2 atom stereocenters. The molecule has 2 saturated heterocycles. The number of benzene rings is 1. The molecule has 2 aromatic rings. The van der Waals surface area contributed by atoms with Gasteiger partial charge in [0, 0.05) is 45.7 Å². The fourth-order valence-corrected chi connectivity index (χ4v) is 5.78. The maximum Gasteiger partial charge on any atom is 0.264 e. The summed E-state index contributed by atoms with van der Waals surface area (Å²) in [5, 5.41) is 5.17. The van der Waals surface area contributed by atoms with Crippen molar-refractivity contribution in [2.75, 3.05) is 39.3 Å². The van der Waals surface area contributed by atoms with Gasteiger partial charge in [0.25, 0.3) is 5.91 Å². The van der Waals surface area contributed by atoms with Crippen molar-refractivity contribution in [3.8, 4) is 0 Å². The minimum absolute atomic E-state index is 0.00446. The van der Waals surface area contributed by atoms with Crippen LogP contribution in [0.5, 0.6) is 0 Å². The molecule has 2 unspecified atom stereocenters. The van der Waals surface area contributed by atoms with Gasteiger partial charge in [-0.05, 0) is 35.3 Å². The molecule has 1 N–H and O–H groups in total. The highest BCUT2D eigenvalue weighted by Gasteiger charge is 2.45. The van der Waals surface area contributed by atoms with Crippen LogP contribution in [-0.4, -0.2) is 83.8 Å². The van der Waals surface area contributed by atoms with E-state index in [0.29, 0.717) is 43.9 Å². The molecule has 1 aromatic carbocycles. The maximum atomic E-state index is 13.6. The van der Waals surface area contributed by atoms with E-state index in [1.807, 2.05) is 45.5 Å². The summed E-state index contributed by atoms with van der Waals surface area (Å²) in [4.78, 5) is 46.9. The lowest BCUT2D eigenvalue weighted by molar-refractivity contribution is -0.137. The molecule has 194 valence electrons. The van der Waals surface area contributed by atoms with Gasteiger partial charge in [-0.2, -0.15) is 0 Å². The molecular formula is C28H38N4O3S. The van der Waals surface area contributed by atoms with Crippen LogP contribution in [0.1, 0.15) is 48.8 Å². The van der Waals surface area contributed by atoms with Gasteiger partial charge in [-0.25, -0.2) is 0 Å². The highest BCUT2D eigenvalue weighted by atomic mass is 32.1. The number of hydrogen-bond donors (Lipinski definition) is 1. The topological polar surface area (TPSA) is 73.0 Å². The minimum Gasteiger partial charge on any atom is -0.338 e. The second kappa shape index (κ2) is 11.6. The lowest BCUT2D eigenvalue weighted by Gasteiger charge is -2.32. The third-order valence-corrected chi connectivity index (χ3v) is 7.77. The molecule has 2 aliphatic rings. The summed E-state index contributed by atoms with van der Waals surface area (Å²) in [6, 6.07) is 13.1. The molecule has 4 rings (SSSR count). The van der Waals surface area contributed by atoms with Gasteiger partial charge in [0.1, 0.15) is 6.04 Å². The van der Waals surface area contributed by atoms with Crippen molar-refractivity contribution in [2.24, 2.45) is 5.41 Å². The summed E-state index contributed by atoms with van der Waals surface area (Å²) >= 11 is 1.39. The van der Waals surface area contributed by atoms with Crippen LogP contribution < -0.4 is 5.32 Å². The van der Waals surface area contributed by atoms with Crippen LogP contribution in [0.2, 0.25) is 0 Å². The van der Waals surface area contributed by atoms with E-state index in [0.717, 1.165) is 19.5 Å². The summed E-state index contributed by atoms with van der Waals surface area (Å²) in [6.45, 7) is 9.95. The molecule has 2 aliphatic heterocycles. The van der Waals surface area contributed by atoms with Gasteiger partial charge < -0.3 is 20.0 Å². The van der Waals surface area contributed by atoms with Gasteiger partial charge in [0.2, 0.25) is 11.8 Å². The normalized spacial score (nSPS) is 20.4. The number of likely N-dealkylation sites (tertiary alicyclic amines) is 1. The van der Waals surface area contributed by atoms with Crippen molar-refractivity contribution in [1.82, 2.24) is 20.0 Å². The first-order valence-corrected chi connectivity index (χ1v) is 13.8. The van der Waals surface area contributed by atoms with Crippen molar-refractivity contribution >= 4 is 29.1 Å². The molecule has 8 heteroatoms. The number of carbonyl (C=O) groups is 3. The first kappa shape index (κ1) is 26.4.